The summed E-state index contributed by atoms with van der Waals surface area (Å²) in [5.41, 5.74) is 1.04. The molecular formula is C16H26N2O4S. The quantitative estimate of drug-likeness (QED) is 0.773. The van der Waals surface area contributed by atoms with Crippen LogP contribution in [0.15, 0.2) is 24.3 Å². The number of nitrogens with zero attached hydrogens (tertiary/aromatic N) is 2. The molecule has 1 aromatic carbocycles. The van der Waals surface area contributed by atoms with Gasteiger partial charge in [-0.05, 0) is 24.7 Å². The molecule has 23 heavy (non-hydrogen) atoms. The molecule has 1 aliphatic heterocycles. The van der Waals surface area contributed by atoms with Gasteiger partial charge in [-0.25, -0.2) is 8.42 Å². The van der Waals surface area contributed by atoms with E-state index in [9.17, 15) is 13.5 Å². The van der Waals surface area contributed by atoms with Gasteiger partial charge in [0.1, 0.15) is 5.75 Å². The van der Waals surface area contributed by atoms with Crippen LogP contribution in [0, 0.1) is 0 Å². The zero-order chi connectivity index (χ0) is 16.9. The number of benzene rings is 1. The Morgan fingerprint density at radius 1 is 1.26 bits per heavy atom. The summed E-state index contributed by atoms with van der Waals surface area (Å²) >= 11 is 0. The molecular weight excluding hydrogens is 316 g/mol. The fourth-order valence-corrected chi connectivity index (χ4v) is 4.03. The van der Waals surface area contributed by atoms with Crippen molar-refractivity contribution in [2.24, 2.45) is 0 Å². The van der Waals surface area contributed by atoms with Crippen LogP contribution in [0.5, 0.6) is 5.75 Å². The minimum absolute atomic E-state index is 0.0389. The third kappa shape index (κ3) is 5.17. The molecule has 130 valence electrons. The molecule has 0 bridgehead atoms. The second-order valence-corrected chi connectivity index (χ2v) is 8.25. The number of aliphatic hydroxyl groups is 1. The Bertz CT molecular complexity index is 575. The topological polar surface area (TPSA) is 70.1 Å². The number of methoxy groups -OCH3 is 1. The zero-order valence-electron chi connectivity index (χ0n) is 13.8. The van der Waals surface area contributed by atoms with Crippen molar-refractivity contribution in [3.05, 3.63) is 29.8 Å². The van der Waals surface area contributed by atoms with Crippen molar-refractivity contribution in [3.8, 4) is 5.75 Å². The van der Waals surface area contributed by atoms with Gasteiger partial charge in [-0.1, -0.05) is 12.1 Å². The van der Waals surface area contributed by atoms with Crippen molar-refractivity contribution >= 4 is 9.84 Å². The summed E-state index contributed by atoms with van der Waals surface area (Å²) in [7, 11) is 0.774. The molecule has 0 radical (unpaired) electrons. The van der Waals surface area contributed by atoms with Gasteiger partial charge in [0.15, 0.2) is 9.84 Å². The van der Waals surface area contributed by atoms with Crippen LogP contribution in [0.3, 0.4) is 0 Å². The lowest BCUT2D eigenvalue weighted by atomic mass is 10.1. The van der Waals surface area contributed by atoms with E-state index in [1.807, 2.05) is 31.3 Å². The van der Waals surface area contributed by atoms with Crippen LogP contribution in [-0.2, 0) is 9.84 Å². The van der Waals surface area contributed by atoms with Gasteiger partial charge in [0.2, 0.25) is 0 Å². The summed E-state index contributed by atoms with van der Waals surface area (Å²) < 4.78 is 28.0. The van der Waals surface area contributed by atoms with Crippen LogP contribution >= 0.6 is 0 Å². The van der Waals surface area contributed by atoms with Gasteiger partial charge in [-0.3, -0.25) is 4.90 Å². The number of aliphatic hydroxyl groups excluding tert-OH is 1. The summed E-state index contributed by atoms with van der Waals surface area (Å²) in [5.74, 6) is 1.29. The highest BCUT2D eigenvalue weighted by Crippen LogP contribution is 2.21. The lowest BCUT2D eigenvalue weighted by Crippen LogP contribution is -2.44. The molecule has 0 amide bonds. The van der Waals surface area contributed by atoms with E-state index in [0.29, 0.717) is 13.1 Å². The lowest BCUT2D eigenvalue weighted by Gasteiger charge is -2.31. The van der Waals surface area contributed by atoms with Crippen LogP contribution in [-0.4, -0.2) is 81.8 Å². The van der Waals surface area contributed by atoms with Gasteiger partial charge in [0.25, 0.3) is 0 Å². The monoisotopic (exact) mass is 342 g/mol. The second kappa shape index (κ2) is 8.10. The first-order chi connectivity index (χ1) is 10.9. The van der Waals surface area contributed by atoms with E-state index >= 15 is 0 Å². The average molecular weight is 342 g/mol. The van der Waals surface area contributed by atoms with Crippen LogP contribution < -0.4 is 4.74 Å². The highest BCUT2D eigenvalue weighted by molar-refractivity contribution is 7.91. The number of ether oxygens (including phenoxy) is 1. The second-order valence-electron chi connectivity index (χ2n) is 5.95. The van der Waals surface area contributed by atoms with Gasteiger partial charge in [0, 0.05) is 26.2 Å². The van der Waals surface area contributed by atoms with E-state index in [1.54, 1.807) is 7.11 Å². The Morgan fingerprint density at radius 3 is 2.39 bits per heavy atom. The van der Waals surface area contributed by atoms with Crippen molar-refractivity contribution in [2.45, 2.75) is 6.04 Å². The highest BCUT2D eigenvalue weighted by Gasteiger charge is 2.22. The minimum atomic E-state index is -2.83. The molecule has 1 fully saturated rings. The minimum Gasteiger partial charge on any atom is -0.497 e. The Labute approximate surface area is 138 Å². The maximum atomic E-state index is 11.4. The van der Waals surface area contributed by atoms with Crippen molar-refractivity contribution in [2.75, 3.05) is 58.4 Å². The first kappa shape index (κ1) is 18.2. The van der Waals surface area contributed by atoms with E-state index in [0.717, 1.165) is 24.4 Å². The maximum Gasteiger partial charge on any atom is 0.152 e. The molecule has 0 spiro atoms. The molecule has 1 heterocycles. The van der Waals surface area contributed by atoms with Gasteiger partial charge in [-0.2, -0.15) is 0 Å². The molecule has 1 N–H and O–H groups in total. The molecule has 6 nitrogen and oxygen atoms in total. The molecule has 1 saturated heterocycles. The number of rotatable bonds is 7. The van der Waals surface area contributed by atoms with Gasteiger partial charge in [0.05, 0.1) is 31.3 Å². The molecule has 1 aliphatic rings. The van der Waals surface area contributed by atoms with Crippen LogP contribution in [0.2, 0.25) is 0 Å². The summed E-state index contributed by atoms with van der Waals surface area (Å²) in [6, 6.07) is 7.63. The number of likely N-dealkylation sites (N-methyl/N-ethyl adjacent to an activating group) is 1. The van der Waals surface area contributed by atoms with E-state index in [4.69, 9.17) is 4.74 Å². The molecule has 0 aliphatic carbocycles. The normalized spacial score (nSPS) is 19.7. The van der Waals surface area contributed by atoms with Crippen molar-refractivity contribution in [1.82, 2.24) is 9.80 Å². The van der Waals surface area contributed by atoms with Gasteiger partial charge >= 0.3 is 0 Å². The molecule has 1 aromatic rings. The molecule has 0 aromatic heterocycles. The van der Waals surface area contributed by atoms with Gasteiger partial charge in [-0.15, -0.1) is 0 Å². The molecule has 0 unspecified atom stereocenters. The largest absolute Gasteiger partial charge is 0.497 e. The number of hydrogen-bond acceptors (Lipinski definition) is 6. The number of hydrogen-bond donors (Lipinski definition) is 1. The smallest absolute Gasteiger partial charge is 0.152 e. The fourth-order valence-electron chi connectivity index (χ4n) is 2.75. The first-order valence-corrected chi connectivity index (χ1v) is 9.65. The van der Waals surface area contributed by atoms with Crippen molar-refractivity contribution < 1.29 is 18.3 Å². The van der Waals surface area contributed by atoms with Crippen molar-refractivity contribution in [1.29, 1.82) is 0 Å². The Kier molecular flexibility index (Phi) is 6.41. The number of sulfone groups is 1. The standard InChI is InChI=1S/C16H26N2O4S/c1-17(7-8-18-9-11-23(20,21)12-10-18)16(13-19)14-3-5-15(22-2)6-4-14/h3-6,16,19H,7-13H2,1-2H3/t16-/m0/s1. The van der Waals surface area contributed by atoms with Crippen molar-refractivity contribution in [3.63, 3.8) is 0 Å². The average Bonchev–Trinajstić information content (AvgIpc) is 2.55. The predicted octanol–water partition coefficient (Wildman–Crippen LogP) is 0.391. The van der Waals surface area contributed by atoms with E-state index in [-0.39, 0.29) is 24.2 Å². The van der Waals surface area contributed by atoms with Crippen LogP contribution in [0.25, 0.3) is 0 Å². The molecule has 7 heteroatoms. The van der Waals surface area contributed by atoms with E-state index < -0.39 is 9.84 Å². The summed E-state index contributed by atoms with van der Waals surface area (Å²) in [4.78, 5) is 4.27. The van der Waals surface area contributed by atoms with E-state index in [2.05, 4.69) is 9.80 Å². The zero-order valence-corrected chi connectivity index (χ0v) is 14.6. The summed E-state index contributed by atoms with van der Waals surface area (Å²) in [6.07, 6.45) is 0. The van der Waals surface area contributed by atoms with E-state index in [1.165, 1.54) is 0 Å². The SMILES string of the molecule is COc1ccc([C@H](CO)N(C)CCN2CCS(=O)(=O)CC2)cc1. The maximum absolute atomic E-state index is 11.4. The fraction of sp³-hybridized carbons (Fsp3) is 0.625. The molecule has 1 atom stereocenters. The summed E-state index contributed by atoms with van der Waals surface area (Å²) in [6.45, 7) is 2.82. The predicted molar refractivity (Wildman–Crippen MR) is 90.5 cm³/mol. The first-order valence-electron chi connectivity index (χ1n) is 7.83. The third-order valence-electron chi connectivity index (χ3n) is 4.41. The lowest BCUT2D eigenvalue weighted by molar-refractivity contribution is 0.133. The van der Waals surface area contributed by atoms with Crippen LogP contribution in [0.1, 0.15) is 11.6 Å². The van der Waals surface area contributed by atoms with Crippen LogP contribution in [0.4, 0.5) is 0 Å². The summed E-state index contributed by atoms with van der Waals surface area (Å²) in [5, 5.41) is 9.72. The molecule has 0 saturated carbocycles. The third-order valence-corrected chi connectivity index (χ3v) is 6.02. The Balaban J connectivity index is 1.88. The molecule has 2 rings (SSSR count). The Morgan fingerprint density at radius 2 is 1.87 bits per heavy atom. The Hall–Kier alpha value is -1.15. The van der Waals surface area contributed by atoms with Gasteiger partial charge < -0.3 is 14.7 Å². The highest BCUT2D eigenvalue weighted by atomic mass is 32.2.